The number of benzene rings is 2. The monoisotopic (exact) mass is 299 g/mol. The molecule has 2 aromatic rings. The zero-order valence-corrected chi connectivity index (χ0v) is 12.7. The molecule has 4 nitrogen and oxygen atoms in total. The summed E-state index contributed by atoms with van der Waals surface area (Å²) in [7, 11) is 0. The van der Waals surface area contributed by atoms with Crippen molar-refractivity contribution in [2.45, 2.75) is 19.3 Å². The number of ether oxygens (including phenoxy) is 1. The Bertz CT molecular complexity index is 605. The molecule has 0 aliphatic carbocycles. The molecule has 0 aliphatic heterocycles. The highest BCUT2D eigenvalue weighted by atomic mass is 16.5. The van der Waals surface area contributed by atoms with Gasteiger partial charge < -0.3 is 15.6 Å². The minimum Gasteiger partial charge on any atom is -0.494 e. The number of hydrogen-bond acceptors (Lipinski definition) is 3. The van der Waals surface area contributed by atoms with Gasteiger partial charge in [-0.25, -0.2) is 4.79 Å². The summed E-state index contributed by atoms with van der Waals surface area (Å²) in [6.45, 7) is 3.14. The van der Waals surface area contributed by atoms with Crippen molar-refractivity contribution in [2.75, 3.05) is 13.2 Å². The SMILES string of the molecule is CCOc1ccc(C(CN)Cc2ccc(C(=O)O)cc2)cc1. The fraction of sp³-hybridized carbons (Fsp3) is 0.278. The average Bonchev–Trinajstić information content (AvgIpc) is 2.54. The summed E-state index contributed by atoms with van der Waals surface area (Å²) in [5.74, 6) is 0.146. The van der Waals surface area contributed by atoms with Crippen LogP contribution in [-0.2, 0) is 6.42 Å². The van der Waals surface area contributed by atoms with E-state index in [1.807, 2.05) is 43.3 Å². The lowest BCUT2D eigenvalue weighted by molar-refractivity contribution is 0.0697. The first kappa shape index (κ1) is 16.0. The van der Waals surface area contributed by atoms with E-state index in [2.05, 4.69) is 0 Å². The predicted molar refractivity (Wildman–Crippen MR) is 86.5 cm³/mol. The second-order valence-electron chi connectivity index (χ2n) is 5.14. The van der Waals surface area contributed by atoms with Gasteiger partial charge >= 0.3 is 5.97 Å². The van der Waals surface area contributed by atoms with Crippen molar-refractivity contribution >= 4 is 5.97 Å². The topological polar surface area (TPSA) is 72.5 Å². The van der Waals surface area contributed by atoms with Crippen LogP contribution in [-0.4, -0.2) is 24.2 Å². The third-order valence-corrected chi connectivity index (χ3v) is 3.63. The van der Waals surface area contributed by atoms with Crippen molar-refractivity contribution in [1.29, 1.82) is 0 Å². The lowest BCUT2D eigenvalue weighted by Crippen LogP contribution is -2.15. The summed E-state index contributed by atoms with van der Waals surface area (Å²) in [5, 5.41) is 8.92. The highest BCUT2D eigenvalue weighted by Crippen LogP contribution is 2.23. The molecule has 1 atom stereocenters. The number of carboxylic acid groups (broad SMARTS) is 1. The summed E-state index contributed by atoms with van der Waals surface area (Å²) >= 11 is 0. The molecule has 0 spiro atoms. The largest absolute Gasteiger partial charge is 0.494 e. The normalized spacial score (nSPS) is 11.9. The lowest BCUT2D eigenvalue weighted by atomic mass is 9.91. The Hall–Kier alpha value is -2.33. The summed E-state index contributed by atoms with van der Waals surface area (Å²) in [4.78, 5) is 10.9. The molecule has 0 heterocycles. The zero-order valence-electron chi connectivity index (χ0n) is 12.7. The van der Waals surface area contributed by atoms with Gasteiger partial charge in [0.1, 0.15) is 5.75 Å². The maximum Gasteiger partial charge on any atom is 0.335 e. The maximum atomic E-state index is 10.9. The molecule has 0 radical (unpaired) electrons. The van der Waals surface area contributed by atoms with Gasteiger partial charge in [-0.3, -0.25) is 0 Å². The van der Waals surface area contributed by atoms with Crippen molar-refractivity contribution in [2.24, 2.45) is 5.73 Å². The van der Waals surface area contributed by atoms with E-state index in [1.54, 1.807) is 12.1 Å². The van der Waals surface area contributed by atoms with Gasteiger partial charge in [0.05, 0.1) is 12.2 Å². The van der Waals surface area contributed by atoms with Crippen molar-refractivity contribution in [3.05, 3.63) is 65.2 Å². The van der Waals surface area contributed by atoms with Crippen LogP contribution in [0.15, 0.2) is 48.5 Å². The van der Waals surface area contributed by atoms with E-state index in [1.165, 1.54) is 0 Å². The first-order valence-corrected chi connectivity index (χ1v) is 7.39. The highest BCUT2D eigenvalue weighted by molar-refractivity contribution is 5.87. The summed E-state index contributed by atoms with van der Waals surface area (Å²) in [5.41, 5.74) is 8.44. The molecule has 0 bridgehead atoms. The van der Waals surface area contributed by atoms with Crippen molar-refractivity contribution < 1.29 is 14.6 Å². The van der Waals surface area contributed by atoms with Crippen LogP contribution >= 0.6 is 0 Å². The van der Waals surface area contributed by atoms with Gasteiger partial charge in [0, 0.05) is 5.92 Å². The summed E-state index contributed by atoms with van der Waals surface area (Å²) < 4.78 is 5.44. The van der Waals surface area contributed by atoms with Crippen LogP contribution in [0.5, 0.6) is 5.75 Å². The second kappa shape index (κ2) is 7.61. The number of aromatic carboxylic acids is 1. The van der Waals surface area contributed by atoms with E-state index in [4.69, 9.17) is 15.6 Å². The van der Waals surface area contributed by atoms with Gasteiger partial charge in [-0.2, -0.15) is 0 Å². The molecule has 116 valence electrons. The standard InChI is InChI=1S/C18H21NO3/c1-2-22-17-9-7-14(8-10-17)16(12-19)11-13-3-5-15(6-4-13)18(20)21/h3-10,16H,2,11-12,19H2,1H3,(H,20,21). The smallest absolute Gasteiger partial charge is 0.335 e. The molecule has 0 fully saturated rings. The minimum atomic E-state index is -0.909. The van der Waals surface area contributed by atoms with Gasteiger partial charge in [0.15, 0.2) is 0 Å². The van der Waals surface area contributed by atoms with E-state index < -0.39 is 5.97 Å². The third-order valence-electron chi connectivity index (χ3n) is 3.63. The van der Waals surface area contributed by atoms with Crippen LogP contribution in [0.1, 0.15) is 34.3 Å². The Labute approximate surface area is 130 Å². The van der Waals surface area contributed by atoms with Gasteiger partial charge in [-0.1, -0.05) is 24.3 Å². The van der Waals surface area contributed by atoms with Gasteiger partial charge in [0.25, 0.3) is 0 Å². The molecule has 22 heavy (non-hydrogen) atoms. The second-order valence-corrected chi connectivity index (χ2v) is 5.14. The van der Waals surface area contributed by atoms with Crippen LogP contribution in [0, 0.1) is 0 Å². The van der Waals surface area contributed by atoms with Gasteiger partial charge in [0.2, 0.25) is 0 Å². The average molecular weight is 299 g/mol. The van der Waals surface area contributed by atoms with Gasteiger partial charge in [-0.05, 0) is 55.3 Å². The first-order valence-electron chi connectivity index (χ1n) is 7.39. The van der Waals surface area contributed by atoms with E-state index in [9.17, 15) is 4.79 Å². The van der Waals surface area contributed by atoms with E-state index in [-0.39, 0.29) is 5.92 Å². The molecule has 0 saturated carbocycles. The van der Waals surface area contributed by atoms with E-state index in [0.717, 1.165) is 23.3 Å². The predicted octanol–water partition coefficient (Wildman–Crippen LogP) is 3.07. The molecule has 1 unspecified atom stereocenters. The van der Waals surface area contributed by atoms with Crippen molar-refractivity contribution in [3.8, 4) is 5.75 Å². The Morgan fingerprint density at radius 1 is 1.14 bits per heavy atom. The van der Waals surface area contributed by atoms with Crippen molar-refractivity contribution in [3.63, 3.8) is 0 Å². The molecule has 2 aromatic carbocycles. The Morgan fingerprint density at radius 2 is 1.77 bits per heavy atom. The van der Waals surface area contributed by atoms with E-state index >= 15 is 0 Å². The maximum absolute atomic E-state index is 10.9. The number of carboxylic acids is 1. The number of carbonyl (C=O) groups is 1. The van der Waals surface area contributed by atoms with E-state index in [0.29, 0.717) is 18.7 Å². The summed E-state index contributed by atoms with van der Waals surface area (Å²) in [6.07, 6.45) is 0.782. The summed E-state index contributed by atoms with van der Waals surface area (Å²) in [6, 6.07) is 14.9. The Kier molecular flexibility index (Phi) is 5.55. The fourth-order valence-electron chi connectivity index (χ4n) is 2.41. The molecule has 2 rings (SSSR count). The number of hydrogen-bond donors (Lipinski definition) is 2. The molecular weight excluding hydrogens is 278 g/mol. The molecule has 0 aromatic heterocycles. The molecule has 3 N–H and O–H groups in total. The molecular formula is C18H21NO3. The molecule has 4 heteroatoms. The number of rotatable bonds is 7. The third kappa shape index (κ3) is 4.09. The molecule has 0 saturated heterocycles. The van der Waals surface area contributed by atoms with Crippen LogP contribution in [0.3, 0.4) is 0 Å². The quantitative estimate of drug-likeness (QED) is 0.824. The fourth-order valence-corrected chi connectivity index (χ4v) is 2.41. The van der Waals surface area contributed by atoms with Crippen LogP contribution < -0.4 is 10.5 Å². The lowest BCUT2D eigenvalue weighted by Gasteiger charge is -2.16. The Morgan fingerprint density at radius 3 is 2.27 bits per heavy atom. The number of nitrogens with two attached hydrogens (primary N) is 1. The minimum absolute atomic E-state index is 0.200. The molecule has 0 aliphatic rings. The van der Waals surface area contributed by atoms with Gasteiger partial charge in [-0.15, -0.1) is 0 Å². The van der Waals surface area contributed by atoms with Crippen LogP contribution in [0.2, 0.25) is 0 Å². The first-order chi connectivity index (χ1) is 10.6. The Balaban J connectivity index is 2.09. The van der Waals surface area contributed by atoms with Crippen LogP contribution in [0.4, 0.5) is 0 Å². The highest BCUT2D eigenvalue weighted by Gasteiger charge is 2.11. The van der Waals surface area contributed by atoms with Crippen molar-refractivity contribution in [1.82, 2.24) is 0 Å². The molecule has 0 amide bonds. The zero-order chi connectivity index (χ0) is 15.9. The van der Waals surface area contributed by atoms with Crippen LogP contribution in [0.25, 0.3) is 0 Å².